The largest absolute Gasteiger partial charge is 0.299 e. The van der Waals surface area contributed by atoms with E-state index in [0.29, 0.717) is 29.3 Å². The molecule has 0 aromatic heterocycles. The highest BCUT2D eigenvalue weighted by Crippen LogP contribution is 2.73. The van der Waals surface area contributed by atoms with Crippen LogP contribution in [0.4, 0.5) is 0 Å². The summed E-state index contributed by atoms with van der Waals surface area (Å²) in [6.07, 6.45) is 1.98. The molecule has 4 saturated carbocycles. The van der Waals surface area contributed by atoms with Gasteiger partial charge in [0.15, 0.2) is 0 Å². The van der Waals surface area contributed by atoms with Crippen molar-refractivity contribution in [3.8, 4) is 0 Å². The van der Waals surface area contributed by atoms with Crippen molar-refractivity contribution in [3.05, 3.63) is 0 Å². The highest BCUT2D eigenvalue weighted by atomic mass is 16.1. The van der Waals surface area contributed by atoms with Crippen LogP contribution in [-0.4, -0.2) is 11.6 Å². The Hall–Kier alpha value is -0.660. The Balaban J connectivity index is 1.96. The van der Waals surface area contributed by atoms with Gasteiger partial charge in [0.05, 0.1) is 0 Å². The van der Waals surface area contributed by atoms with Crippen LogP contribution in [0, 0.1) is 40.9 Å². The summed E-state index contributed by atoms with van der Waals surface area (Å²) in [5.74, 6) is 3.19. The third-order valence-corrected chi connectivity index (χ3v) is 6.05. The van der Waals surface area contributed by atoms with Crippen molar-refractivity contribution in [1.82, 2.24) is 0 Å². The molecule has 7 atom stereocenters. The van der Waals surface area contributed by atoms with Gasteiger partial charge in [-0.1, -0.05) is 13.8 Å². The summed E-state index contributed by atoms with van der Waals surface area (Å²) in [4.78, 5) is 24.4. The number of ketones is 2. The molecule has 0 heterocycles. The summed E-state index contributed by atoms with van der Waals surface area (Å²) in [6, 6.07) is 0. The van der Waals surface area contributed by atoms with Gasteiger partial charge in [-0.05, 0) is 30.6 Å². The molecule has 0 radical (unpaired) electrons. The summed E-state index contributed by atoms with van der Waals surface area (Å²) < 4.78 is 0. The van der Waals surface area contributed by atoms with Gasteiger partial charge in [-0.3, -0.25) is 9.59 Å². The van der Waals surface area contributed by atoms with Crippen molar-refractivity contribution in [1.29, 1.82) is 0 Å². The van der Waals surface area contributed by atoms with Crippen LogP contribution >= 0.6 is 0 Å². The Labute approximate surface area is 89.4 Å². The zero-order valence-corrected chi connectivity index (χ0v) is 9.19. The Kier molecular flexibility index (Phi) is 1.17. The van der Waals surface area contributed by atoms with Crippen LogP contribution in [0.15, 0.2) is 0 Å². The van der Waals surface area contributed by atoms with Crippen LogP contribution in [0.1, 0.15) is 26.7 Å². The molecule has 0 aromatic carbocycles. The molecule has 0 aliphatic heterocycles. The van der Waals surface area contributed by atoms with Gasteiger partial charge in [0.2, 0.25) is 0 Å². The maximum absolute atomic E-state index is 12.3. The fourth-order valence-electron chi connectivity index (χ4n) is 5.70. The van der Waals surface area contributed by atoms with Crippen molar-refractivity contribution >= 4 is 11.6 Å². The van der Waals surface area contributed by atoms with E-state index in [0.717, 1.165) is 12.8 Å². The van der Waals surface area contributed by atoms with Crippen LogP contribution < -0.4 is 0 Å². The first kappa shape index (κ1) is 8.49. The van der Waals surface area contributed by atoms with E-state index in [4.69, 9.17) is 0 Å². The molecule has 4 fully saturated rings. The third-order valence-electron chi connectivity index (χ3n) is 6.05. The average Bonchev–Trinajstić information content (AvgIpc) is 2.82. The lowest BCUT2D eigenvalue weighted by atomic mass is 9.76. The molecular weight excluding hydrogens is 188 g/mol. The molecular formula is C13H16O2. The standard InChI is InChI=1S/C13H16O2/c1-5-9-7-3-6-8(11(7)14)4-13(2,10(6)9)12(5)15/h5-10H,3-4H2,1-2H3/t5-,6-,7-,8-,9-,10+,13+/m0/s1. The topological polar surface area (TPSA) is 34.1 Å². The highest BCUT2D eigenvalue weighted by Gasteiger charge is 2.74. The van der Waals surface area contributed by atoms with Gasteiger partial charge in [0.1, 0.15) is 11.6 Å². The van der Waals surface area contributed by atoms with Crippen molar-refractivity contribution in [3.63, 3.8) is 0 Å². The first-order valence-electron chi connectivity index (χ1n) is 6.14. The summed E-state index contributed by atoms with van der Waals surface area (Å²) in [5.41, 5.74) is -0.125. The quantitative estimate of drug-likeness (QED) is 0.601. The van der Waals surface area contributed by atoms with E-state index in [1.165, 1.54) is 0 Å². The second-order valence-corrected chi connectivity index (χ2v) is 6.39. The van der Waals surface area contributed by atoms with E-state index < -0.39 is 0 Å². The Morgan fingerprint density at radius 3 is 2.73 bits per heavy atom. The van der Waals surface area contributed by atoms with Crippen LogP contribution in [0.25, 0.3) is 0 Å². The Morgan fingerprint density at radius 1 is 1.27 bits per heavy atom. The zero-order chi connectivity index (χ0) is 10.5. The van der Waals surface area contributed by atoms with Crippen molar-refractivity contribution in [2.24, 2.45) is 40.9 Å². The van der Waals surface area contributed by atoms with Gasteiger partial charge in [0, 0.05) is 23.2 Å². The van der Waals surface area contributed by atoms with Gasteiger partial charge in [-0.2, -0.15) is 0 Å². The average molecular weight is 204 g/mol. The number of hydrogen-bond donors (Lipinski definition) is 0. The lowest BCUT2D eigenvalue weighted by molar-refractivity contribution is -0.132. The molecule has 4 aliphatic rings. The van der Waals surface area contributed by atoms with Gasteiger partial charge in [-0.15, -0.1) is 0 Å². The fourth-order valence-corrected chi connectivity index (χ4v) is 5.70. The molecule has 80 valence electrons. The molecule has 0 N–H and O–H groups in total. The minimum Gasteiger partial charge on any atom is -0.299 e. The molecule has 4 aliphatic carbocycles. The number of Topliss-reactive ketones (excluding diaryl/α,β-unsaturated/α-hetero) is 2. The highest BCUT2D eigenvalue weighted by molar-refractivity contribution is 5.98. The third kappa shape index (κ3) is 0.626. The molecule has 0 amide bonds. The fraction of sp³-hybridized carbons (Fsp3) is 0.846. The Bertz CT molecular complexity index is 399. The normalized spacial score (nSPS) is 64.7. The number of carbonyl (C=O) groups excluding carboxylic acids is 2. The van der Waals surface area contributed by atoms with Gasteiger partial charge < -0.3 is 0 Å². The molecule has 15 heavy (non-hydrogen) atoms. The number of fused-ring (bicyclic) bond motifs is 2. The lowest BCUT2D eigenvalue weighted by Crippen LogP contribution is -2.32. The molecule has 2 heteroatoms. The predicted octanol–water partition coefficient (Wildman–Crippen LogP) is 1.68. The van der Waals surface area contributed by atoms with Crippen LogP contribution in [0.5, 0.6) is 0 Å². The number of hydrogen-bond acceptors (Lipinski definition) is 2. The van der Waals surface area contributed by atoms with E-state index in [1.54, 1.807) is 0 Å². The molecule has 2 bridgehead atoms. The van der Waals surface area contributed by atoms with Crippen molar-refractivity contribution in [2.75, 3.05) is 0 Å². The lowest BCUT2D eigenvalue weighted by Gasteiger charge is -2.26. The molecule has 4 rings (SSSR count). The van der Waals surface area contributed by atoms with E-state index in [2.05, 4.69) is 13.8 Å². The minimum atomic E-state index is -0.125. The minimum absolute atomic E-state index is 0.125. The van der Waals surface area contributed by atoms with E-state index in [-0.39, 0.29) is 23.2 Å². The van der Waals surface area contributed by atoms with Gasteiger partial charge in [0.25, 0.3) is 0 Å². The van der Waals surface area contributed by atoms with Crippen LogP contribution in [0.2, 0.25) is 0 Å². The first-order chi connectivity index (χ1) is 7.05. The van der Waals surface area contributed by atoms with E-state index in [9.17, 15) is 9.59 Å². The van der Waals surface area contributed by atoms with Gasteiger partial charge in [-0.25, -0.2) is 0 Å². The predicted molar refractivity (Wildman–Crippen MR) is 54.0 cm³/mol. The summed E-state index contributed by atoms with van der Waals surface area (Å²) in [6.45, 7) is 4.18. The Morgan fingerprint density at radius 2 is 2.00 bits per heavy atom. The van der Waals surface area contributed by atoms with Crippen molar-refractivity contribution < 1.29 is 9.59 Å². The second-order valence-electron chi connectivity index (χ2n) is 6.39. The second kappa shape index (κ2) is 2.07. The maximum Gasteiger partial charge on any atom is 0.142 e. The van der Waals surface area contributed by atoms with Crippen molar-refractivity contribution in [2.45, 2.75) is 26.7 Å². The zero-order valence-electron chi connectivity index (χ0n) is 9.19. The number of carbonyl (C=O) groups is 2. The first-order valence-corrected chi connectivity index (χ1v) is 6.14. The molecule has 0 unspecified atom stereocenters. The summed E-state index contributed by atoms with van der Waals surface area (Å²) in [5, 5.41) is 0. The van der Waals surface area contributed by atoms with E-state index in [1.807, 2.05) is 0 Å². The molecule has 2 nitrogen and oxygen atoms in total. The van der Waals surface area contributed by atoms with E-state index >= 15 is 0 Å². The van der Waals surface area contributed by atoms with Crippen LogP contribution in [0.3, 0.4) is 0 Å². The smallest absolute Gasteiger partial charge is 0.142 e. The summed E-state index contributed by atoms with van der Waals surface area (Å²) in [7, 11) is 0. The molecule has 0 saturated heterocycles. The SMILES string of the molecule is C[C@@H]1C(=O)[C@]2(C)C[C@@H]3C(=O)[C@H]4C[C@@H]3[C@@H]2[C@@H]14. The maximum atomic E-state index is 12.3. The number of rotatable bonds is 0. The molecule has 0 aromatic rings. The monoisotopic (exact) mass is 204 g/mol. The summed E-state index contributed by atoms with van der Waals surface area (Å²) >= 11 is 0. The van der Waals surface area contributed by atoms with Crippen LogP contribution in [-0.2, 0) is 9.59 Å². The van der Waals surface area contributed by atoms with Gasteiger partial charge >= 0.3 is 0 Å². The molecule has 0 spiro atoms.